The van der Waals surface area contributed by atoms with Gasteiger partial charge in [0.2, 0.25) is 0 Å². The van der Waals surface area contributed by atoms with E-state index in [0.717, 1.165) is 0 Å². The third-order valence-electron chi connectivity index (χ3n) is 1.03. The smallest absolute Gasteiger partial charge is 0.344 e. The minimum absolute atomic E-state index is 0.00834. The van der Waals surface area contributed by atoms with Gasteiger partial charge in [0.05, 0.1) is 11.1 Å². The summed E-state index contributed by atoms with van der Waals surface area (Å²) < 4.78 is 5.29. The van der Waals surface area contributed by atoms with Gasteiger partial charge in [-0.1, -0.05) is 26.8 Å². The van der Waals surface area contributed by atoms with Crippen LogP contribution in [0.3, 0.4) is 0 Å². The molecule has 70 valence electrons. The lowest BCUT2D eigenvalue weighted by molar-refractivity contribution is -0.137. The van der Waals surface area contributed by atoms with Crippen molar-refractivity contribution in [2.24, 2.45) is 5.41 Å². The van der Waals surface area contributed by atoms with E-state index in [0.29, 0.717) is 11.1 Å². The van der Waals surface area contributed by atoms with Gasteiger partial charge in [0.1, 0.15) is 0 Å². The zero-order valence-electron chi connectivity index (χ0n) is 7.98. The molecule has 0 aliphatic carbocycles. The first-order valence-corrected chi connectivity index (χ1v) is 4.71. The Hall–Kier alpha value is -0.310. The Kier molecular flexibility index (Phi) is 4.53. The summed E-state index contributed by atoms with van der Waals surface area (Å²) >= 11 is 3.17. The number of allylic oxidation sites excluding steroid dienone is 1. The molecule has 0 rings (SSSR count). The molecule has 2 nitrogen and oxygen atoms in total. The van der Waals surface area contributed by atoms with Crippen LogP contribution >= 0.6 is 15.9 Å². The van der Waals surface area contributed by atoms with Crippen LogP contribution < -0.4 is 0 Å². The SMILES string of the molecule is CCOC(=O)/C(Br)=C/C(C)(C)C. The first-order chi connectivity index (χ1) is 5.37. The normalized spacial score (nSPS) is 12.9. The molecule has 0 fully saturated rings. The summed E-state index contributed by atoms with van der Waals surface area (Å²) in [5, 5.41) is 0. The summed E-state index contributed by atoms with van der Waals surface area (Å²) in [5.74, 6) is -0.299. The molecule has 0 aliphatic rings. The van der Waals surface area contributed by atoms with E-state index >= 15 is 0 Å². The molecule has 0 spiro atoms. The van der Waals surface area contributed by atoms with E-state index in [1.165, 1.54) is 0 Å². The molecule has 12 heavy (non-hydrogen) atoms. The molecule has 0 heterocycles. The minimum atomic E-state index is -0.299. The third kappa shape index (κ3) is 5.35. The Morgan fingerprint density at radius 3 is 2.33 bits per heavy atom. The molecule has 0 saturated carbocycles. The van der Waals surface area contributed by atoms with E-state index in [9.17, 15) is 4.79 Å². The molecule has 0 saturated heterocycles. The monoisotopic (exact) mass is 234 g/mol. The van der Waals surface area contributed by atoms with Crippen molar-refractivity contribution < 1.29 is 9.53 Å². The molecule has 0 aromatic rings. The number of rotatable bonds is 2. The fourth-order valence-electron chi connectivity index (χ4n) is 0.639. The molecule has 3 heteroatoms. The molecule has 0 amide bonds. The Balaban J connectivity index is 4.28. The molecular weight excluding hydrogens is 220 g/mol. The van der Waals surface area contributed by atoms with Crippen LogP contribution in [0.15, 0.2) is 10.6 Å². The van der Waals surface area contributed by atoms with Gasteiger partial charge in [-0.15, -0.1) is 0 Å². The molecule has 0 aliphatic heterocycles. The topological polar surface area (TPSA) is 26.3 Å². The maximum absolute atomic E-state index is 11.1. The second-order valence-corrected chi connectivity index (χ2v) is 4.43. The van der Waals surface area contributed by atoms with Crippen molar-refractivity contribution in [1.29, 1.82) is 0 Å². The average Bonchev–Trinajstić information content (AvgIpc) is 1.84. The van der Waals surface area contributed by atoms with E-state index in [4.69, 9.17) is 4.74 Å². The number of hydrogen-bond donors (Lipinski definition) is 0. The van der Waals surface area contributed by atoms with Crippen LogP contribution in [0.25, 0.3) is 0 Å². The van der Waals surface area contributed by atoms with E-state index in [-0.39, 0.29) is 11.4 Å². The summed E-state index contributed by atoms with van der Waals surface area (Å²) in [6, 6.07) is 0. The quantitative estimate of drug-likeness (QED) is 0.543. The van der Waals surface area contributed by atoms with Gasteiger partial charge in [0.15, 0.2) is 0 Å². The Morgan fingerprint density at radius 1 is 1.50 bits per heavy atom. The minimum Gasteiger partial charge on any atom is -0.462 e. The van der Waals surface area contributed by atoms with Crippen molar-refractivity contribution in [3.8, 4) is 0 Å². The van der Waals surface area contributed by atoms with Crippen LogP contribution in [0.1, 0.15) is 27.7 Å². The molecule has 0 bridgehead atoms. The Bertz CT molecular complexity index is 189. The number of hydrogen-bond acceptors (Lipinski definition) is 2. The first-order valence-electron chi connectivity index (χ1n) is 3.92. The van der Waals surface area contributed by atoms with Crippen LogP contribution in [0.4, 0.5) is 0 Å². The predicted molar refractivity (Wildman–Crippen MR) is 53.1 cm³/mol. The summed E-state index contributed by atoms with van der Waals surface area (Å²) in [6.07, 6.45) is 1.84. The molecule has 0 unspecified atom stereocenters. The second-order valence-electron chi connectivity index (χ2n) is 3.58. The molecule has 0 aromatic heterocycles. The summed E-state index contributed by atoms with van der Waals surface area (Å²) in [7, 11) is 0. The standard InChI is InChI=1S/C9H15BrO2/c1-5-12-8(11)7(10)6-9(2,3)4/h6H,5H2,1-4H3/b7-6-. The van der Waals surface area contributed by atoms with Crippen molar-refractivity contribution >= 4 is 21.9 Å². The van der Waals surface area contributed by atoms with Crippen molar-refractivity contribution in [3.63, 3.8) is 0 Å². The zero-order valence-corrected chi connectivity index (χ0v) is 9.56. The van der Waals surface area contributed by atoms with Gasteiger partial charge >= 0.3 is 5.97 Å². The van der Waals surface area contributed by atoms with Gasteiger partial charge < -0.3 is 4.74 Å². The van der Waals surface area contributed by atoms with Crippen molar-refractivity contribution in [1.82, 2.24) is 0 Å². The first kappa shape index (κ1) is 11.7. The number of ether oxygens (including phenoxy) is 1. The lowest BCUT2D eigenvalue weighted by Gasteiger charge is -2.12. The van der Waals surface area contributed by atoms with Gasteiger partial charge in [-0.05, 0) is 28.3 Å². The van der Waals surface area contributed by atoms with Gasteiger partial charge in [-0.3, -0.25) is 0 Å². The number of esters is 1. The van der Waals surface area contributed by atoms with Crippen LogP contribution in [0, 0.1) is 5.41 Å². The Labute approximate surface area is 82.1 Å². The fourth-order valence-corrected chi connectivity index (χ4v) is 1.44. The number of carbonyl (C=O) groups is 1. The van der Waals surface area contributed by atoms with Crippen LogP contribution in [-0.2, 0) is 9.53 Å². The van der Waals surface area contributed by atoms with Gasteiger partial charge in [0.25, 0.3) is 0 Å². The fraction of sp³-hybridized carbons (Fsp3) is 0.667. The maximum atomic E-state index is 11.1. The summed E-state index contributed by atoms with van der Waals surface area (Å²) in [6.45, 7) is 8.26. The lowest BCUT2D eigenvalue weighted by Crippen LogP contribution is -2.07. The highest BCUT2D eigenvalue weighted by Crippen LogP contribution is 2.21. The number of carbonyl (C=O) groups excluding carboxylic acids is 1. The average molecular weight is 235 g/mol. The van der Waals surface area contributed by atoms with Gasteiger partial charge in [0, 0.05) is 0 Å². The van der Waals surface area contributed by atoms with Gasteiger partial charge in [-0.2, -0.15) is 0 Å². The van der Waals surface area contributed by atoms with E-state index < -0.39 is 0 Å². The summed E-state index contributed by atoms with van der Waals surface area (Å²) in [4.78, 5) is 11.1. The van der Waals surface area contributed by atoms with E-state index in [1.54, 1.807) is 6.92 Å². The van der Waals surface area contributed by atoms with E-state index in [1.807, 2.05) is 26.8 Å². The lowest BCUT2D eigenvalue weighted by atomic mass is 9.96. The number of halogens is 1. The molecular formula is C9H15BrO2. The highest BCUT2D eigenvalue weighted by Gasteiger charge is 2.12. The highest BCUT2D eigenvalue weighted by molar-refractivity contribution is 9.12. The zero-order chi connectivity index (χ0) is 9.78. The summed E-state index contributed by atoms with van der Waals surface area (Å²) in [5.41, 5.74) is -0.00834. The largest absolute Gasteiger partial charge is 0.462 e. The van der Waals surface area contributed by atoms with Crippen molar-refractivity contribution in [2.45, 2.75) is 27.7 Å². The molecule has 0 atom stereocenters. The van der Waals surface area contributed by atoms with Crippen LogP contribution in [0.5, 0.6) is 0 Å². The van der Waals surface area contributed by atoms with Crippen LogP contribution in [-0.4, -0.2) is 12.6 Å². The van der Waals surface area contributed by atoms with E-state index in [2.05, 4.69) is 15.9 Å². The third-order valence-corrected chi connectivity index (χ3v) is 1.58. The van der Waals surface area contributed by atoms with Gasteiger partial charge in [-0.25, -0.2) is 4.79 Å². The molecule has 0 N–H and O–H groups in total. The van der Waals surface area contributed by atoms with Crippen molar-refractivity contribution in [3.05, 3.63) is 10.6 Å². The molecule has 0 radical (unpaired) electrons. The predicted octanol–water partition coefficient (Wildman–Crippen LogP) is 2.87. The van der Waals surface area contributed by atoms with Crippen LogP contribution in [0.2, 0.25) is 0 Å². The Morgan fingerprint density at radius 2 is 2.00 bits per heavy atom. The highest BCUT2D eigenvalue weighted by atomic mass is 79.9. The molecule has 0 aromatic carbocycles. The second kappa shape index (κ2) is 4.65. The van der Waals surface area contributed by atoms with Crippen molar-refractivity contribution in [2.75, 3.05) is 6.61 Å². The maximum Gasteiger partial charge on any atom is 0.344 e.